The van der Waals surface area contributed by atoms with E-state index >= 15 is 0 Å². The average molecular weight is 478 g/mol. The molecule has 1 aromatic carbocycles. The Balaban J connectivity index is 0.00000338. The van der Waals surface area contributed by atoms with Gasteiger partial charge < -0.3 is 15.4 Å². The Labute approximate surface area is 173 Å². The van der Waals surface area contributed by atoms with Gasteiger partial charge in [0.15, 0.2) is 5.96 Å². The van der Waals surface area contributed by atoms with Crippen molar-refractivity contribution in [2.75, 3.05) is 46.4 Å². The van der Waals surface area contributed by atoms with E-state index in [0.29, 0.717) is 19.0 Å². The number of halogens is 2. The summed E-state index contributed by atoms with van der Waals surface area (Å²) in [6.07, 6.45) is 3.21. The van der Waals surface area contributed by atoms with Gasteiger partial charge >= 0.3 is 0 Å². The summed E-state index contributed by atoms with van der Waals surface area (Å²) in [4.78, 5) is 7.10. The van der Waals surface area contributed by atoms with Crippen LogP contribution in [0.25, 0.3) is 0 Å². The summed E-state index contributed by atoms with van der Waals surface area (Å²) in [5.74, 6) is 0.644. The molecule has 0 aromatic heterocycles. The molecule has 0 heterocycles. The van der Waals surface area contributed by atoms with Gasteiger partial charge in [-0.15, -0.1) is 24.0 Å². The first-order valence-corrected chi connectivity index (χ1v) is 9.23. The molecule has 0 amide bonds. The van der Waals surface area contributed by atoms with Gasteiger partial charge in [0.05, 0.1) is 13.2 Å². The highest BCUT2D eigenvalue weighted by Gasteiger charge is 2.28. The van der Waals surface area contributed by atoms with E-state index < -0.39 is 0 Å². The van der Waals surface area contributed by atoms with E-state index in [0.717, 1.165) is 44.3 Å². The van der Waals surface area contributed by atoms with Crippen molar-refractivity contribution in [1.82, 2.24) is 15.5 Å². The second-order valence-electron chi connectivity index (χ2n) is 6.29. The predicted octanol–water partition coefficient (Wildman–Crippen LogP) is 2.65. The molecule has 1 aliphatic carbocycles. The molecular weight excluding hydrogens is 446 g/mol. The van der Waals surface area contributed by atoms with Crippen molar-refractivity contribution in [2.45, 2.75) is 32.2 Å². The molecular formula is C19H32FIN4O. The third kappa shape index (κ3) is 8.64. The van der Waals surface area contributed by atoms with Crippen LogP contribution >= 0.6 is 24.0 Å². The minimum atomic E-state index is -0.149. The molecule has 1 saturated carbocycles. The fourth-order valence-electron chi connectivity index (χ4n) is 2.77. The van der Waals surface area contributed by atoms with Gasteiger partial charge in [-0.25, -0.2) is 4.39 Å². The van der Waals surface area contributed by atoms with Crippen molar-refractivity contribution in [3.05, 3.63) is 35.6 Å². The number of ether oxygens (including phenoxy) is 1. The molecule has 2 rings (SSSR count). The molecule has 0 atom stereocenters. The summed E-state index contributed by atoms with van der Waals surface area (Å²) in [6, 6.07) is 7.62. The van der Waals surface area contributed by atoms with Gasteiger partial charge in [0.1, 0.15) is 5.82 Å². The molecule has 1 aliphatic rings. The predicted molar refractivity (Wildman–Crippen MR) is 116 cm³/mol. The number of nitrogens with one attached hydrogen (secondary N) is 2. The Bertz CT molecular complexity index is 540. The monoisotopic (exact) mass is 478 g/mol. The van der Waals surface area contributed by atoms with Crippen LogP contribution in [0.2, 0.25) is 0 Å². The van der Waals surface area contributed by atoms with Crippen LogP contribution in [0.15, 0.2) is 29.3 Å². The molecule has 1 fully saturated rings. The van der Waals surface area contributed by atoms with Gasteiger partial charge in [0.25, 0.3) is 0 Å². The molecule has 148 valence electrons. The van der Waals surface area contributed by atoms with Crippen LogP contribution in [0.3, 0.4) is 0 Å². The summed E-state index contributed by atoms with van der Waals surface area (Å²) in [5.41, 5.74) is 0.727. The van der Waals surface area contributed by atoms with E-state index in [1.165, 1.54) is 18.9 Å². The lowest BCUT2D eigenvalue weighted by Crippen LogP contribution is -2.39. The number of aliphatic imine (C=N–C) groups is 1. The molecule has 26 heavy (non-hydrogen) atoms. The normalized spacial score (nSPS) is 14.2. The minimum absolute atomic E-state index is 0. The van der Waals surface area contributed by atoms with E-state index in [9.17, 15) is 4.39 Å². The first-order valence-electron chi connectivity index (χ1n) is 9.23. The van der Waals surface area contributed by atoms with E-state index in [1.807, 2.05) is 19.1 Å². The molecule has 1 aromatic rings. The van der Waals surface area contributed by atoms with E-state index in [-0.39, 0.29) is 29.8 Å². The van der Waals surface area contributed by atoms with Gasteiger partial charge in [-0.2, -0.15) is 0 Å². The SMILES string of the molecule is CCNC(=NCCN(CCOC)C1CC1)NCCc1ccccc1F.I. The second kappa shape index (κ2) is 13.3. The molecule has 7 heteroatoms. The lowest BCUT2D eigenvalue weighted by molar-refractivity contribution is 0.145. The highest BCUT2D eigenvalue weighted by atomic mass is 127. The average Bonchev–Trinajstić information content (AvgIpc) is 3.44. The third-order valence-corrected chi connectivity index (χ3v) is 4.29. The van der Waals surface area contributed by atoms with E-state index in [1.54, 1.807) is 13.2 Å². The van der Waals surface area contributed by atoms with E-state index in [4.69, 9.17) is 4.74 Å². The number of methoxy groups -OCH3 is 1. The van der Waals surface area contributed by atoms with Crippen LogP contribution < -0.4 is 10.6 Å². The molecule has 0 bridgehead atoms. The van der Waals surface area contributed by atoms with Gasteiger partial charge in [-0.1, -0.05) is 18.2 Å². The Hall–Kier alpha value is -0.930. The van der Waals surface area contributed by atoms with Crippen molar-refractivity contribution >= 4 is 29.9 Å². The summed E-state index contributed by atoms with van der Waals surface area (Å²) in [7, 11) is 1.74. The maximum Gasteiger partial charge on any atom is 0.191 e. The zero-order valence-corrected chi connectivity index (χ0v) is 18.2. The molecule has 0 radical (unpaired) electrons. The van der Waals surface area contributed by atoms with Crippen LogP contribution in [0.1, 0.15) is 25.3 Å². The summed E-state index contributed by atoms with van der Waals surface area (Å²) < 4.78 is 18.8. The Morgan fingerprint density at radius 1 is 1.27 bits per heavy atom. The van der Waals surface area contributed by atoms with Crippen LogP contribution in [0.5, 0.6) is 0 Å². The van der Waals surface area contributed by atoms with Crippen molar-refractivity contribution in [3.8, 4) is 0 Å². The Kier molecular flexibility index (Phi) is 11.8. The van der Waals surface area contributed by atoms with Gasteiger partial charge in [-0.05, 0) is 37.8 Å². The summed E-state index contributed by atoms with van der Waals surface area (Å²) in [6.45, 7) is 6.93. The van der Waals surface area contributed by atoms with Crippen LogP contribution in [0, 0.1) is 5.82 Å². The second-order valence-corrected chi connectivity index (χ2v) is 6.29. The van der Waals surface area contributed by atoms with Crippen molar-refractivity contribution < 1.29 is 9.13 Å². The summed E-state index contributed by atoms with van der Waals surface area (Å²) in [5, 5.41) is 6.53. The van der Waals surface area contributed by atoms with Crippen LogP contribution in [-0.2, 0) is 11.2 Å². The van der Waals surface area contributed by atoms with Gasteiger partial charge in [0, 0.05) is 39.3 Å². The first kappa shape index (κ1) is 23.1. The number of benzene rings is 1. The lowest BCUT2D eigenvalue weighted by Gasteiger charge is -2.20. The number of hydrogen-bond acceptors (Lipinski definition) is 3. The number of nitrogens with zero attached hydrogens (tertiary/aromatic N) is 2. The van der Waals surface area contributed by atoms with Crippen LogP contribution in [-0.4, -0.2) is 63.3 Å². The quantitative estimate of drug-likeness (QED) is 0.292. The van der Waals surface area contributed by atoms with Crippen molar-refractivity contribution in [2.24, 2.45) is 4.99 Å². The number of hydrogen-bond donors (Lipinski definition) is 2. The molecule has 0 unspecified atom stereocenters. The topological polar surface area (TPSA) is 48.9 Å². The zero-order valence-electron chi connectivity index (χ0n) is 15.8. The minimum Gasteiger partial charge on any atom is -0.383 e. The van der Waals surface area contributed by atoms with Crippen molar-refractivity contribution in [1.29, 1.82) is 0 Å². The molecule has 0 saturated heterocycles. The Morgan fingerprint density at radius 2 is 2.04 bits per heavy atom. The first-order chi connectivity index (χ1) is 12.2. The smallest absolute Gasteiger partial charge is 0.191 e. The molecule has 0 aliphatic heterocycles. The Morgan fingerprint density at radius 3 is 2.69 bits per heavy atom. The van der Waals surface area contributed by atoms with Crippen molar-refractivity contribution in [3.63, 3.8) is 0 Å². The third-order valence-electron chi connectivity index (χ3n) is 4.29. The van der Waals surface area contributed by atoms with Crippen LogP contribution in [0.4, 0.5) is 4.39 Å². The molecule has 2 N–H and O–H groups in total. The highest BCUT2D eigenvalue weighted by molar-refractivity contribution is 14.0. The molecule has 5 nitrogen and oxygen atoms in total. The fourth-order valence-corrected chi connectivity index (χ4v) is 2.77. The maximum atomic E-state index is 13.6. The number of rotatable bonds is 11. The largest absolute Gasteiger partial charge is 0.383 e. The van der Waals surface area contributed by atoms with Gasteiger partial charge in [-0.3, -0.25) is 9.89 Å². The lowest BCUT2D eigenvalue weighted by atomic mass is 10.1. The summed E-state index contributed by atoms with van der Waals surface area (Å²) >= 11 is 0. The van der Waals surface area contributed by atoms with Gasteiger partial charge in [0.2, 0.25) is 0 Å². The zero-order chi connectivity index (χ0) is 17.9. The highest BCUT2D eigenvalue weighted by Crippen LogP contribution is 2.26. The molecule has 0 spiro atoms. The number of guanidine groups is 1. The maximum absolute atomic E-state index is 13.6. The fraction of sp³-hybridized carbons (Fsp3) is 0.632. The standard InChI is InChI=1S/C19H31FN4O.HI/c1-3-21-19(22-11-10-16-6-4-5-7-18(16)20)23-12-13-24(14-15-25-2)17-8-9-17;/h4-7,17H,3,8-15H2,1-2H3,(H2,21,22,23);1H. The van der Waals surface area contributed by atoms with E-state index in [2.05, 4.69) is 20.5 Å².